The van der Waals surface area contributed by atoms with E-state index in [1.807, 2.05) is 0 Å². The highest BCUT2D eigenvalue weighted by molar-refractivity contribution is 7.99. The molecule has 150 valence electrons. The molecule has 7 nitrogen and oxygen atoms in total. The Morgan fingerprint density at radius 3 is 2.64 bits per heavy atom. The summed E-state index contributed by atoms with van der Waals surface area (Å²) in [5.74, 6) is 0.326. The van der Waals surface area contributed by atoms with Gasteiger partial charge in [-0.15, -0.1) is 10.2 Å². The van der Waals surface area contributed by atoms with Gasteiger partial charge in [-0.1, -0.05) is 48.8 Å². The average molecular weight is 443 g/mol. The molecule has 3 rings (SSSR count). The van der Waals surface area contributed by atoms with Gasteiger partial charge in [-0.05, 0) is 25.0 Å². The SMILES string of the molecule is COC(=O)c1cc(Cl)cc(Cl)c1NC(=O)CSc1nnc(C(C)C)n1C1CC1. The molecule has 1 heterocycles. The molecule has 1 amide bonds. The molecule has 28 heavy (non-hydrogen) atoms. The van der Waals surface area contributed by atoms with E-state index in [4.69, 9.17) is 27.9 Å². The number of halogens is 2. The van der Waals surface area contributed by atoms with Gasteiger partial charge in [0.2, 0.25) is 5.91 Å². The molecule has 0 spiro atoms. The fraction of sp³-hybridized carbons (Fsp3) is 0.444. The number of esters is 1. The summed E-state index contributed by atoms with van der Waals surface area (Å²) in [6.45, 7) is 4.14. The number of aromatic nitrogens is 3. The number of amides is 1. The van der Waals surface area contributed by atoms with Crippen LogP contribution in [0.3, 0.4) is 0 Å². The minimum atomic E-state index is -0.637. The van der Waals surface area contributed by atoms with E-state index < -0.39 is 5.97 Å². The Kier molecular flexibility index (Phi) is 6.52. The van der Waals surface area contributed by atoms with Crippen LogP contribution < -0.4 is 5.32 Å². The van der Waals surface area contributed by atoms with Crippen molar-refractivity contribution >= 4 is 52.5 Å². The van der Waals surface area contributed by atoms with E-state index >= 15 is 0 Å². The fourth-order valence-electron chi connectivity index (χ4n) is 2.73. The van der Waals surface area contributed by atoms with E-state index in [9.17, 15) is 9.59 Å². The van der Waals surface area contributed by atoms with Gasteiger partial charge in [0.25, 0.3) is 0 Å². The molecular formula is C18H20Cl2N4O3S. The predicted molar refractivity (Wildman–Crippen MR) is 110 cm³/mol. The molecule has 1 aliphatic rings. The number of ether oxygens (including phenoxy) is 1. The van der Waals surface area contributed by atoms with E-state index in [2.05, 4.69) is 33.9 Å². The first-order chi connectivity index (χ1) is 13.3. The lowest BCUT2D eigenvalue weighted by Crippen LogP contribution is -2.18. The lowest BCUT2D eigenvalue weighted by molar-refractivity contribution is -0.113. The van der Waals surface area contributed by atoms with Gasteiger partial charge in [-0.25, -0.2) is 4.79 Å². The summed E-state index contributed by atoms with van der Waals surface area (Å²) < 4.78 is 6.86. The second-order valence-electron chi connectivity index (χ2n) is 6.74. The maximum atomic E-state index is 12.5. The summed E-state index contributed by atoms with van der Waals surface area (Å²) >= 11 is 13.4. The normalized spacial score (nSPS) is 13.6. The maximum Gasteiger partial charge on any atom is 0.340 e. The van der Waals surface area contributed by atoms with Crippen molar-refractivity contribution in [2.45, 2.75) is 43.8 Å². The smallest absolute Gasteiger partial charge is 0.340 e. The number of methoxy groups -OCH3 is 1. The van der Waals surface area contributed by atoms with E-state index in [0.29, 0.717) is 6.04 Å². The molecule has 1 aromatic carbocycles. The van der Waals surface area contributed by atoms with Crippen LogP contribution in [-0.2, 0) is 9.53 Å². The molecule has 2 aromatic rings. The highest BCUT2D eigenvalue weighted by Crippen LogP contribution is 2.40. The Hall–Kier alpha value is -1.77. The Balaban J connectivity index is 1.73. The third-order valence-electron chi connectivity index (χ3n) is 4.18. The van der Waals surface area contributed by atoms with Crippen molar-refractivity contribution in [3.8, 4) is 0 Å². The molecule has 0 bridgehead atoms. The first kappa shape index (κ1) is 21.0. The van der Waals surface area contributed by atoms with Crippen molar-refractivity contribution in [1.82, 2.24) is 14.8 Å². The van der Waals surface area contributed by atoms with E-state index in [-0.39, 0.29) is 38.9 Å². The summed E-state index contributed by atoms with van der Waals surface area (Å²) in [4.78, 5) is 24.5. The predicted octanol–water partition coefficient (Wildman–Crippen LogP) is 4.56. The Bertz CT molecular complexity index is 912. The molecule has 1 aromatic heterocycles. The van der Waals surface area contributed by atoms with Crippen molar-refractivity contribution < 1.29 is 14.3 Å². The van der Waals surface area contributed by atoms with Crippen LogP contribution in [0.25, 0.3) is 0 Å². The molecule has 1 aliphatic carbocycles. The molecule has 0 unspecified atom stereocenters. The van der Waals surface area contributed by atoms with Crippen LogP contribution in [0.15, 0.2) is 17.3 Å². The van der Waals surface area contributed by atoms with Crippen molar-refractivity contribution in [2.75, 3.05) is 18.2 Å². The zero-order valence-electron chi connectivity index (χ0n) is 15.7. The third-order valence-corrected chi connectivity index (χ3v) is 5.64. The number of thioether (sulfide) groups is 1. The van der Waals surface area contributed by atoms with Crippen LogP contribution in [-0.4, -0.2) is 39.5 Å². The minimum absolute atomic E-state index is 0.0987. The number of rotatable bonds is 7. The topological polar surface area (TPSA) is 86.1 Å². The summed E-state index contributed by atoms with van der Waals surface area (Å²) in [5.41, 5.74) is 0.275. The summed E-state index contributed by atoms with van der Waals surface area (Å²) in [5, 5.41) is 12.4. The highest BCUT2D eigenvalue weighted by atomic mass is 35.5. The second kappa shape index (κ2) is 8.71. The van der Waals surface area contributed by atoms with Crippen LogP contribution >= 0.6 is 35.0 Å². The second-order valence-corrected chi connectivity index (χ2v) is 8.52. The van der Waals surface area contributed by atoms with Gasteiger partial charge >= 0.3 is 5.97 Å². The summed E-state index contributed by atoms with van der Waals surface area (Å²) in [6.07, 6.45) is 2.20. The largest absolute Gasteiger partial charge is 0.465 e. The van der Waals surface area contributed by atoms with Gasteiger partial charge in [0.1, 0.15) is 5.82 Å². The van der Waals surface area contributed by atoms with E-state index in [1.54, 1.807) is 0 Å². The fourth-order valence-corrected chi connectivity index (χ4v) is 4.09. The van der Waals surface area contributed by atoms with Crippen LogP contribution in [0.5, 0.6) is 0 Å². The third kappa shape index (κ3) is 4.61. The van der Waals surface area contributed by atoms with E-state index in [1.165, 1.54) is 31.0 Å². The average Bonchev–Trinajstić information content (AvgIpc) is 3.39. The zero-order chi connectivity index (χ0) is 20.4. The molecule has 1 fully saturated rings. The van der Waals surface area contributed by atoms with Gasteiger partial charge in [0.15, 0.2) is 5.16 Å². The standard InChI is InChI=1S/C18H20Cl2N4O3S/c1-9(2)16-22-23-18(24(16)11-4-5-11)28-8-14(25)21-15-12(17(26)27-3)6-10(19)7-13(15)20/h6-7,9,11H,4-5,8H2,1-3H3,(H,21,25). The number of nitrogens with zero attached hydrogens (tertiary/aromatic N) is 3. The highest BCUT2D eigenvalue weighted by Gasteiger charge is 2.30. The summed E-state index contributed by atoms with van der Waals surface area (Å²) in [6, 6.07) is 3.27. The zero-order valence-corrected chi connectivity index (χ0v) is 18.0. The van der Waals surface area contributed by atoms with Crippen molar-refractivity contribution in [3.05, 3.63) is 33.6 Å². The minimum Gasteiger partial charge on any atom is -0.465 e. The molecule has 0 aliphatic heterocycles. The number of hydrogen-bond donors (Lipinski definition) is 1. The van der Waals surface area contributed by atoms with Crippen LogP contribution in [0.1, 0.15) is 54.8 Å². The van der Waals surface area contributed by atoms with Crippen LogP contribution in [0.4, 0.5) is 5.69 Å². The van der Waals surface area contributed by atoms with Gasteiger partial charge in [0.05, 0.1) is 29.1 Å². The monoisotopic (exact) mass is 442 g/mol. The number of nitrogens with one attached hydrogen (secondary N) is 1. The van der Waals surface area contributed by atoms with Crippen molar-refractivity contribution in [2.24, 2.45) is 0 Å². The maximum absolute atomic E-state index is 12.5. The molecule has 0 saturated heterocycles. The number of carbonyl (C=O) groups excluding carboxylic acids is 2. The number of anilines is 1. The van der Waals surface area contributed by atoms with Crippen LogP contribution in [0, 0.1) is 0 Å². The number of benzene rings is 1. The van der Waals surface area contributed by atoms with E-state index in [0.717, 1.165) is 23.8 Å². The molecule has 1 N–H and O–H groups in total. The lowest BCUT2D eigenvalue weighted by atomic mass is 10.1. The molecule has 0 radical (unpaired) electrons. The quantitative estimate of drug-likeness (QED) is 0.499. The first-order valence-corrected chi connectivity index (χ1v) is 10.5. The summed E-state index contributed by atoms with van der Waals surface area (Å²) in [7, 11) is 1.25. The Morgan fingerprint density at radius 2 is 2.04 bits per heavy atom. The first-order valence-electron chi connectivity index (χ1n) is 8.76. The van der Waals surface area contributed by atoms with Gasteiger partial charge in [0, 0.05) is 17.0 Å². The molecular weight excluding hydrogens is 423 g/mol. The van der Waals surface area contributed by atoms with Gasteiger partial charge in [-0.2, -0.15) is 0 Å². The molecule has 1 saturated carbocycles. The Labute approximate surface area is 177 Å². The number of hydrogen-bond acceptors (Lipinski definition) is 6. The van der Waals surface area contributed by atoms with Gasteiger partial charge in [-0.3, -0.25) is 4.79 Å². The van der Waals surface area contributed by atoms with Crippen LogP contribution in [0.2, 0.25) is 10.0 Å². The Morgan fingerprint density at radius 1 is 1.32 bits per heavy atom. The lowest BCUT2D eigenvalue weighted by Gasteiger charge is -2.13. The molecule has 0 atom stereocenters. The van der Waals surface area contributed by atoms with Crippen molar-refractivity contribution in [1.29, 1.82) is 0 Å². The van der Waals surface area contributed by atoms with Gasteiger partial charge < -0.3 is 14.6 Å². The molecule has 10 heteroatoms. The van der Waals surface area contributed by atoms with Crippen molar-refractivity contribution in [3.63, 3.8) is 0 Å². The number of carbonyl (C=O) groups is 2.